The summed E-state index contributed by atoms with van der Waals surface area (Å²) in [5.41, 5.74) is 9.36. The van der Waals surface area contributed by atoms with Crippen LogP contribution < -0.4 is 5.73 Å². The number of rotatable bonds is 3. The van der Waals surface area contributed by atoms with E-state index in [2.05, 4.69) is 0 Å². The minimum atomic E-state index is -0.486. The van der Waals surface area contributed by atoms with Crippen LogP contribution in [0.25, 0.3) is 22.1 Å². The lowest BCUT2D eigenvalue weighted by Gasteiger charge is -2.02. The van der Waals surface area contributed by atoms with E-state index >= 15 is 0 Å². The third kappa shape index (κ3) is 2.28. The highest BCUT2D eigenvalue weighted by atomic mass is 16.6. The molecule has 0 unspecified atom stereocenters. The molecule has 1 aromatic heterocycles. The maximum absolute atomic E-state index is 11.3. The minimum Gasteiger partial charge on any atom is -0.400 e. The molecule has 106 valence electrons. The number of furan rings is 1. The van der Waals surface area contributed by atoms with E-state index in [0.29, 0.717) is 17.7 Å². The number of hydrogen-bond donors (Lipinski definition) is 1. The molecule has 5 nitrogen and oxygen atoms in total. The van der Waals surface area contributed by atoms with Crippen molar-refractivity contribution in [2.45, 2.75) is 13.5 Å². The van der Waals surface area contributed by atoms with Crippen molar-refractivity contribution < 1.29 is 9.34 Å². The lowest BCUT2D eigenvalue weighted by atomic mass is 10.0. The van der Waals surface area contributed by atoms with Crippen molar-refractivity contribution in [3.8, 4) is 11.1 Å². The highest BCUT2D eigenvalue weighted by Crippen LogP contribution is 2.40. The molecule has 0 amide bonds. The molecular formula is C16H14N2O3. The molecule has 5 heteroatoms. The molecule has 3 aromatic rings. The third-order valence-electron chi connectivity index (χ3n) is 3.44. The summed E-state index contributed by atoms with van der Waals surface area (Å²) >= 11 is 0. The molecule has 0 aliphatic rings. The van der Waals surface area contributed by atoms with Gasteiger partial charge in [0.25, 0.3) is 0 Å². The summed E-state index contributed by atoms with van der Waals surface area (Å²) in [7, 11) is 0. The zero-order valence-electron chi connectivity index (χ0n) is 11.5. The van der Waals surface area contributed by atoms with E-state index in [9.17, 15) is 10.1 Å². The molecule has 0 fully saturated rings. The molecule has 2 aromatic carbocycles. The van der Waals surface area contributed by atoms with E-state index in [1.165, 1.54) is 0 Å². The van der Waals surface area contributed by atoms with Gasteiger partial charge in [-0.1, -0.05) is 29.8 Å². The van der Waals surface area contributed by atoms with Crippen LogP contribution in [0.1, 0.15) is 11.1 Å². The normalized spacial score (nSPS) is 11.0. The summed E-state index contributed by atoms with van der Waals surface area (Å²) in [6.07, 6.45) is 0. The first kappa shape index (κ1) is 13.3. The second-order valence-electron chi connectivity index (χ2n) is 4.94. The SMILES string of the molecule is Cc1ccc2oc([N+](=O)[O-])c(-c3cccc(CN)c3)c2c1. The second kappa shape index (κ2) is 5.03. The Balaban J connectivity index is 2.35. The molecule has 0 bridgehead atoms. The maximum Gasteiger partial charge on any atom is 0.442 e. The Kier molecular flexibility index (Phi) is 3.19. The van der Waals surface area contributed by atoms with E-state index in [4.69, 9.17) is 10.2 Å². The largest absolute Gasteiger partial charge is 0.442 e. The van der Waals surface area contributed by atoms with E-state index in [0.717, 1.165) is 22.1 Å². The Hall–Kier alpha value is -2.66. The number of hydrogen-bond acceptors (Lipinski definition) is 4. The van der Waals surface area contributed by atoms with Gasteiger partial charge in [0.1, 0.15) is 16.1 Å². The zero-order chi connectivity index (χ0) is 15.0. The Bertz CT molecular complexity index is 837. The number of nitrogens with zero attached hydrogens (tertiary/aromatic N) is 1. The van der Waals surface area contributed by atoms with Gasteiger partial charge in [0.05, 0.1) is 0 Å². The van der Waals surface area contributed by atoms with E-state index < -0.39 is 4.92 Å². The van der Waals surface area contributed by atoms with Crippen molar-refractivity contribution in [3.63, 3.8) is 0 Å². The first-order valence-corrected chi connectivity index (χ1v) is 6.57. The molecule has 0 atom stereocenters. The molecule has 2 N–H and O–H groups in total. The van der Waals surface area contributed by atoms with Crippen LogP contribution in [0.4, 0.5) is 5.88 Å². The number of benzene rings is 2. The van der Waals surface area contributed by atoms with Gasteiger partial charge in [-0.15, -0.1) is 0 Å². The van der Waals surface area contributed by atoms with Crippen LogP contribution in [-0.2, 0) is 6.54 Å². The predicted octanol–water partition coefficient (Wildman–Crippen LogP) is 3.78. The second-order valence-corrected chi connectivity index (χ2v) is 4.94. The van der Waals surface area contributed by atoms with Crippen LogP contribution >= 0.6 is 0 Å². The first-order valence-electron chi connectivity index (χ1n) is 6.57. The topological polar surface area (TPSA) is 82.3 Å². The molecule has 1 heterocycles. The van der Waals surface area contributed by atoms with Crippen molar-refractivity contribution in [2.75, 3.05) is 0 Å². The average molecular weight is 282 g/mol. The summed E-state index contributed by atoms with van der Waals surface area (Å²) < 4.78 is 5.41. The smallest absolute Gasteiger partial charge is 0.400 e. The van der Waals surface area contributed by atoms with Gasteiger partial charge in [-0.25, -0.2) is 0 Å². The van der Waals surface area contributed by atoms with Crippen LogP contribution in [0, 0.1) is 17.0 Å². The van der Waals surface area contributed by atoms with Crippen molar-refractivity contribution in [1.29, 1.82) is 0 Å². The number of nitrogens with two attached hydrogens (primary N) is 1. The first-order chi connectivity index (χ1) is 10.1. The summed E-state index contributed by atoms with van der Waals surface area (Å²) in [5, 5.41) is 12.0. The standard InChI is InChI=1S/C16H14N2O3/c1-10-5-6-14-13(7-10)15(16(21-14)18(19)20)12-4-2-3-11(8-12)9-17/h2-8H,9,17H2,1H3. The Morgan fingerprint density at radius 2 is 2.05 bits per heavy atom. The molecule has 0 aliphatic carbocycles. The summed E-state index contributed by atoms with van der Waals surface area (Å²) in [6.45, 7) is 2.33. The van der Waals surface area contributed by atoms with Crippen LogP contribution in [0.3, 0.4) is 0 Å². The number of aryl methyl sites for hydroxylation is 1. The highest BCUT2D eigenvalue weighted by molar-refractivity contribution is 5.99. The van der Waals surface area contributed by atoms with Crippen LogP contribution in [0.2, 0.25) is 0 Å². The zero-order valence-corrected chi connectivity index (χ0v) is 11.5. The molecule has 0 saturated carbocycles. The minimum absolute atomic E-state index is 0.232. The van der Waals surface area contributed by atoms with Crippen molar-refractivity contribution in [2.24, 2.45) is 5.73 Å². The highest BCUT2D eigenvalue weighted by Gasteiger charge is 2.25. The molecule has 0 aliphatic heterocycles. The quantitative estimate of drug-likeness (QED) is 0.585. The van der Waals surface area contributed by atoms with E-state index in [1.807, 2.05) is 43.3 Å². The fraction of sp³-hybridized carbons (Fsp3) is 0.125. The molecule has 0 saturated heterocycles. The molecule has 3 rings (SSSR count). The van der Waals surface area contributed by atoms with Gasteiger partial charge < -0.3 is 10.2 Å². The van der Waals surface area contributed by atoms with Gasteiger partial charge in [-0.3, -0.25) is 10.1 Å². The summed E-state index contributed by atoms with van der Waals surface area (Å²) in [4.78, 5) is 10.8. The van der Waals surface area contributed by atoms with Gasteiger partial charge in [-0.05, 0) is 36.2 Å². The van der Waals surface area contributed by atoms with Crippen molar-refractivity contribution in [1.82, 2.24) is 0 Å². The third-order valence-corrected chi connectivity index (χ3v) is 3.44. The molecule has 0 spiro atoms. The van der Waals surface area contributed by atoms with Crippen molar-refractivity contribution >= 4 is 16.9 Å². The van der Waals surface area contributed by atoms with Gasteiger partial charge in [0, 0.05) is 11.9 Å². The number of fused-ring (bicyclic) bond motifs is 1. The summed E-state index contributed by atoms with van der Waals surface area (Å²) in [6, 6.07) is 13.0. The lowest BCUT2D eigenvalue weighted by molar-refractivity contribution is -0.400. The van der Waals surface area contributed by atoms with Gasteiger partial charge in [0.15, 0.2) is 0 Å². The maximum atomic E-state index is 11.3. The van der Waals surface area contributed by atoms with Gasteiger partial charge in [0.2, 0.25) is 0 Å². The van der Waals surface area contributed by atoms with Gasteiger partial charge >= 0.3 is 5.88 Å². The van der Waals surface area contributed by atoms with E-state index in [-0.39, 0.29) is 5.88 Å². The van der Waals surface area contributed by atoms with Crippen LogP contribution in [0.15, 0.2) is 46.9 Å². The summed E-state index contributed by atoms with van der Waals surface area (Å²) in [5.74, 6) is -0.232. The van der Waals surface area contributed by atoms with Crippen LogP contribution in [0.5, 0.6) is 0 Å². The lowest BCUT2D eigenvalue weighted by Crippen LogP contribution is -1.96. The fourth-order valence-electron chi connectivity index (χ4n) is 2.46. The Morgan fingerprint density at radius 1 is 1.24 bits per heavy atom. The van der Waals surface area contributed by atoms with Crippen LogP contribution in [-0.4, -0.2) is 4.92 Å². The molecule has 21 heavy (non-hydrogen) atoms. The van der Waals surface area contributed by atoms with E-state index in [1.54, 1.807) is 6.07 Å². The predicted molar refractivity (Wildman–Crippen MR) is 80.9 cm³/mol. The Labute approximate surface area is 121 Å². The average Bonchev–Trinajstić information content (AvgIpc) is 2.86. The Morgan fingerprint density at radius 3 is 2.76 bits per heavy atom. The molecular weight excluding hydrogens is 268 g/mol. The van der Waals surface area contributed by atoms with Gasteiger partial charge in [-0.2, -0.15) is 0 Å². The van der Waals surface area contributed by atoms with Crippen molar-refractivity contribution in [3.05, 3.63) is 63.7 Å². The number of nitro groups is 1. The monoisotopic (exact) mass is 282 g/mol. The molecule has 0 radical (unpaired) electrons. The fourth-order valence-corrected chi connectivity index (χ4v) is 2.46.